The average molecular weight is 408 g/mol. The van der Waals surface area contributed by atoms with Crippen LogP contribution in [-0.4, -0.2) is 25.1 Å². The van der Waals surface area contributed by atoms with Gasteiger partial charge in [-0.05, 0) is 48.4 Å². The van der Waals surface area contributed by atoms with Gasteiger partial charge in [0.25, 0.3) is 5.91 Å². The van der Waals surface area contributed by atoms with E-state index in [0.717, 1.165) is 11.3 Å². The van der Waals surface area contributed by atoms with Gasteiger partial charge in [-0.3, -0.25) is 4.79 Å². The van der Waals surface area contributed by atoms with E-state index in [-0.39, 0.29) is 0 Å². The van der Waals surface area contributed by atoms with Crippen LogP contribution in [0.25, 0.3) is 6.08 Å². The minimum atomic E-state index is -0.930. The van der Waals surface area contributed by atoms with E-state index in [1.165, 1.54) is 19.1 Å². The number of methoxy groups -OCH3 is 1. The summed E-state index contributed by atoms with van der Waals surface area (Å²) in [6.45, 7) is 1.82. The molecule has 0 heterocycles. The van der Waals surface area contributed by atoms with Crippen molar-refractivity contribution in [3.05, 3.63) is 69.7 Å². The van der Waals surface area contributed by atoms with Crippen LogP contribution < -0.4 is 10.1 Å². The minimum Gasteiger partial charge on any atom is -0.497 e. The number of rotatable bonds is 7. The van der Waals surface area contributed by atoms with Gasteiger partial charge in [0.05, 0.1) is 7.11 Å². The van der Waals surface area contributed by atoms with Crippen LogP contribution in [0.4, 0.5) is 0 Å². The van der Waals surface area contributed by atoms with E-state index in [0.29, 0.717) is 22.2 Å². The van der Waals surface area contributed by atoms with Crippen LogP contribution in [0.15, 0.2) is 48.5 Å². The minimum absolute atomic E-state index is 0.320. The summed E-state index contributed by atoms with van der Waals surface area (Å²) in [4.78, 5) is 24.0. The summed E-state index contributed by atoms with van der Waals surface area (Å²) < 4.78 is 10.2. The highest BCUT2D eigenvalue weighted by Crippen LogP contribution is 2.22. The van der Waals surface area contributed by atoms with Gasteiger partial charge in [-0.15, -0.1) is 0 Å². The third-order valence-corrected chi connectivity index (χ3v) is 4.21. The zero-order valence-electron chi connectivity index (χ0n) is 14.9. The first-order valence-electron chi connectivity index (χ1n) is 8.13. The molecule has 0 unspecified atom stereocenters. The number of ether oxygens (including phenoxy) is 2. The van der Waals surface area contributed by atoms with E-state index < -0.39 is 18.0 Å². The molecule has 0 aromatic heterocycles. The third-order valence-electron chi connectivity index (χ3n) is 3.65. The zero-order chi connectivity index (χ0) is 19.8. The van der Waals surface area contributed by atoms with Gasteiger partial charge < -0.3 is 14.8 Å². The topological polar surface area (TPSA) is 64.6 Å². The molecule has 0 spiro atoms. The number of nitrogens with one attached hydrogen (secondary N) is 1. The second kappa shape index (κ2) is 10.00. The summed E-state index contributed by atoms with van der Waals surface area (Å²) in [5.41, 5.74) is 1.52. The molecule has 0 radical (unpaired) electrons. The molecule has 5 nitrogen and oxygen atoms in total. The Bertz CT molecular complexity index is 834. The van der Waals surface area contributed by atoms with Crippen molar-refractivity contribution in [1.29, 1.82) is 0 Å². The van der Waals surface area contributed by atoms with Crippen LogP contribution >= 0.6 is 23.2 Å². The molecule has 1 amide bonds. The first-order valence-corrected chi connectivity index (χ1v) is 8.89. The third kappa shape index (κ3) is 6.62. The maximum Gasteiger partial charge on any atom is 0.331 e. The zero-order valence-corrected chi connectivity index (χ0v) is 16.4. The number of hydrogen-bond acceptors (Lipinski definition) is 4. The number of esters is 1. The maximum atomic E-state index is 12.1. The molecule has 0 aliphatic heterocycles. The molecule has 2 rings (SSSR count). The van der Waals surface area contributed by atoms with Gasteiger partial charge in [0.15, 0.2) is 6.10 Å². The maximum absolute atomic E-state index is 12.1. The van der Waals surface area contributed by atoms with E-state index in [9.17, 15) is 9.59 Å². The molecule has 2 aromatic rings. The second-order valence-electron chi connectivity index (χ2n) is 5.64. The van der Waals surface area contributed by atoms with Crippen LogP contribution in [0.1, 0.15) is 18.1 Å². The van der Waals surface area contributed by atoms with Gasteiger partial charge in [-0.2, -0.15) is 0 Å². The van der Waals surface area contributed by atoms with Gasteiger partial charge in [0, 0.05) is 22.7 Å². The van der Waals surface area contributed by atoms with Crippen molar-refractivity contribution >= 4 is 41.2 Å². The molecule has 2 aromatic carbocycles. The van der Waals surface area contributed by atoms with Crippen LogP contribution in [0.2, 0.25) is 10.0 Å². The second-order valence-corrected chi connectivity index (χ2v) is 6.49. The van der Waals surface area contributed by atoms with Crippen LogP contribution in [0, 0.1) is 0 Å². The monoisotopic (exact) mass is 407 g/mol. The van der Waals surface area contributed by atoms with E-state index in [1.807, 2.05) is 12.1 Å². The largest absolute Gasteiger partial charge is 0.497 e. The Labute approximate surface area is 167 Å². The van der Waals surface area contributed by atoms with Crippen molar-refractivity contribution in [3.8, 4) is 5.75 Å². The average Bonchev–Trinajstić information content (AvgIpc) is 2.65. The summed E-state index contributed by atoms with van der Waals surface area (Å²) in [5, 5.41) is 3.63. The Kier molecular flexibility index (Phi) is 7.70. The molecule has 0 fully saturated rings. The molecular weight excluding hydrogens is 389 g/mol. The van der Waals surface area contributed by atoms with Crippen molar-refractivity contribution in [3.63, 3.8) is 0 Å². The normalized spacial score (nSPS) is 11.9. The molecular formula is C20H19Cl2NO4. The van der Waals surface area contributed by atoms with Gasteiger partial charge >= 0.3 is 5.97 Å². The summed E-state index contributed by atoms with van der Waals surface area (Å²) in [6, 6.07) is 12.2. The quantitative estimate of drug-likeness (QED) is 0.549. The lowest BCUT2D eigenvalue weighted by Crippen LogP contribution is -2.35. The Morgan fingerprint density at radius 2 is 1.85 bits per heavy atom. The molecule has 0 bridgehead atoms. The van der Waals surface area contributed by atoms with E-state index >= 15 is 0 Å². The Morgan fingerprint density at radius 3 is 2.48 bits per heavy atom. The first kappa shape index (κ1) is 20.8. The fourth-order valence-corrected chi connectivity index (χ4v) is 2.61. The Morgan fingerprint density at radius 1 is 1.15 bits per heavy atom. The highest BCUT2D eigenvalue weighted by Gasteiger charge is 2.16. The molecule has 0 saturated carbocycles. The van der Waals surface area contributed by atoms with Crippen molar-refractivity contribution in [1.82, 2.24) is 5.32 Å². The first-order chi connectivity index (χ1) is 12.9. The lowest BCUT2D eigenvalue weighted by atomic mass is 10.2. The van der Waals surface area contributed by atoms with Crippen molar-refractivity contribution in [2.24, 2.45) is 0 Å². The Hall–Kier alpha value is -2.50. The molecule has 27 heavy (non-hydrogen) atoms. The summed E-state index contributed by atoms with van der Waals surface area (Å²) in [6.07, 6.45) is 1.78. The van der Waals surface area contributed by atoms with Crippen LogP contribution in [0.5, 0.6) is 5.75 Å². The number of benzene rings is 2. The summed E-state index contributed by atoms with van der Waals surface area (Å²) in [5.74, 6) is -0.301. The van der Waals surface area contributed by atoms with Gasteiger partial charge in [0.1, 0.15) is 5.75 Å². The van der Waals surface area contributed by atoms with Crippen LogP contribution in [0.3, 0.4) is 0 Å². The van der Waals surface area contributed by atoms with E-state index in [1.54, 1.807) is 37.4 Å². The Balaban J connectivity index is 1.83. The molecule has 7 heteroatoms. The molecule has 0 aliphatic carbocycles. The number of carbonyl (C=O) groups excluding carboxylic acids is 2. The van der Waals surface area contributed by atoms with Gasteiger partial charge in [-0.25, -0.2) is 4.79 Å². The number of amides is 1. The van der Waals surface area contributed by atoms with Crippen molar-refractivity contribution in [2.45, 2.75) is 19.6 Å². The number of halogens is 2. The molecule has 0 saturated heterocycles. The van der Waals surface area contributed by atoms with Gasteiger partial charge in [0.2, 0.25) is 0 Å². The summed E-state index contributed by atoms with van der Waals surface area (Å²) >= 11 is 11.8. The fourth-order valence-electron chi connectivity index (χ4n) is 2.14. The fraction of sp³-hybridized carbons (Fsp3) is 0.200. The number of carbonyl (C=O) groups is 2. The highest BCUT2D eigenvalue weighted by molar-refractivity contribution is 6.35. The molecule has 1 N–H and O–H groups in total. The molecule has 1 atom stereocenters. The van der Waals surface area contributed by atoms with E-state index in [4.69, 9.17) is 32.7 Å². The van der Waals surface area contributed by atoms with E-state index in [2.05, 4.69) is 5.32 Å². The highest BCUT2D eigenvalue weighted by atomic mass is 35.5. The van der Waals surface area contributed by atoms with Crippen molar-refractivity contribution < 1.29 is 19.1 Å². The SMILES string of the molecule is COc1ccc(CNC(=O)[C@H](C)OC(=O)/C=C/c2ccc(Cl)cc2Cl)cc1. The smallest absolute Gasteiger partial charge is 0.331 e. The summed E-state index contributed by atoms with van der Waals surface area (Å²) in [7, 11) is 1.59. The predicted octanol–water partition coefficient (Wildman–Crippen LogP) is 4.26. The molecule has 0 aliphatic rings. The molecule has 142 valence electrons. The van der Waals surface area contributed by atoms with Crippen LogP contribution in [-0.2, 0) is 20.9 Å². The predicted molar refractivity (Wildman–Crippen MR) is 106 cm³/mol. The lowest BCUT2D eigenvalue weighted by Gasteiger charge is -2.12. The van der Waals surface area contributed by atoms with Crippen molar-refractivity contribution in [2.75, 3.05) is 7.11 Å². The lowest BCUT2D eigenvalue weighted by molar-refractivity contribution is -0.150. The number of hydrogen-bond donors (Lipinski definition) is 1. The standard InChI is InChI=1S/C20H19Cl2NO4/c1-13(20(25)23-12-14-3-8-17(26-2)9-4-14)27-19(24)10-6-15-5-7-16(21)11-18(15)22/h3-11,13H,12H2,1-2H3,(H,23,25)/b10-6+/t13-/m0/s1. The van der Waals surface area contributed by atoms with Gasteiger partial charge in [-0.1, -0.05) is 41.4 Å².